The Morgan fingerprint density at radius 1 is 0.758 bits per heavy atom. The second-order valence-electron chi connectivity index (χ2n) is 7.51. The van der Waals surface area contributed by atoms with E-state index in [0.29, 0.717) is 5.69 Å². The number of carbonyl (C=O) groups excluding carboxylic acids is 2. The molecule has 162 valence electrons. The zero-order valence-electron chi connectivity index (χ0n) is 17.5. The Labute approximate surface area is 194 Å². The summed E-state index contributed by atoms with van der Waals surface area (Å²) in [6, 6.07) is 28.8. The van der Waals surface area contributed by atoms with Gasteiger partial charge in [-0.2, -0.15) is 0 Å². The molecule has 0 aliphatic heterocycles. The van der Waals surface area contributed by atoms with E-state index in [-0.39, 0.29) is 17.2 Å². The Morgan fingerprint density at radius 2 is 1.33 bits per heavy atom. The van der Waals surface area contributed by atoms with Crippen molar-refractivity contribution in [1.82, 2.24) is 4.57 Å². The second kappa shape index (κ2) is 8.92. The van der Waals surface area contributed by atoms with Crippen LogP contribution in [0, 0.1) is 5.82 Å². The van der Waals surface area contributed by atoms with E-state index in [2.05, 4.69) is 5.32 Å². The molecule has 0 spiro atoms. The summed E-state index contributed by atoms with van der Waals surface area (Å²) in [5, 5.41) is 4.81. The first-order chi connectivity index (χ1) is 16.1. The summed E-state index contributed by atoms with van der Waals surface area (Å²) >= 11 is 1.43. The monoisotopic (exact) mass is 454 g/mol. The molecule has 0 aliphatic rings. The molecule has 0 atom stereocenters. The number of nitrogens with one attached hydrogen (secondary N) is 1. The lowest BCUT2D eigenvalue weighted by molar-refractivity contribution is 0.0950. The summed E-state index contributed by atoms with van der Waals surface area (Å²) in [7, 11) is 0. The van der Waals surface area contributed by atoms with Crippen LogP contribution < -0.4 is 5.32 Å². The molecule has 33 heavy (non-hydrogen) atoms. The van der Waals surface area contributed by atoms with Crippen molar-refractivity contribution in [3.8, 4) is 0 Å². The predicted octanol–water partition coefficient (Wildman–Crippen LogP) is 6.62. The van der Waals surface area contributed by atoms with E-state index in [9.17, 15) is 14.0 Å². The van der Waals surface area contributed by atoms with Crippen molar-refractivity contribution in [1.29, 1.82) is 0 Å². The smallest absolute Gasteiger partial charge is 0.258 e. The summed E-state index contributed by atoms with van der Waals surface area (Å²) in [4.78, 5) is 26.3. The maximum Gasteiger partial charge on any atom is 0.258 e. The van der Waals surface area contributed by atoms with Gasteiger partial charge in [-0.05, 0) is 48.5 Å². The van der Waals surface area contributed by atoms with Crippen LogP contribution in [0.5, 0.6) is 0 Å². The number of anilines is 1. The molecule has 1 N–H and O–H groups in total. The lowest BCUT2D eigenvalue weighted by Gasteiger charge is -2.08. The van der Waals surface area contributed by atoms with Crippen LogP contribution >= 0.6 is 11.8 Å². The van der Waals surface area contributed by atoms with Crippen molar-refractivity contribution in [2.45, 2.75) is 4.90 Å². The number of rotatable bonds is 5. The molecule has 0 bridgehead atoms. The Kier molecular flexibility index (Phi) is 5.67. The zero-order chi connectivity index (χ0) is 22.8. The lowest BCUT2D eigenvalue weighted by atomic mass is 10.2. The van der Waals surface area contributed by atoms with Crippen LogP contribution in [0.25, 0.3) is 21.8 Å². The molecule has 6 heteroatoms. The Hall–Kier alpha value is -3.90. The number of hydrogen-bond acceptors (Lipinski definition) is 3. The SMILES string of the molecule is O=C(Nc1ccc(SCC(=O)n2c3ccccc3c3ccccc32)cc1)c1ccccc1F. The van der Waals surface area contributed by atoms with Crippen LogP contribution in [-0.2, 0) is 0 Å². The van der Waals surface area contributed by atoms with Gasteiger partial charge >= 0.3 is 0 Å². The fourth-order valence-electron chi connectivity index (χ4n) is 3.88. The van der Waals surface area contributed by atoms with E-state index in [1.54, 1.807) is 28.8 Å². The van der Waals surface area contributed by atoms with Crippen LogP contribution in [0.1, 0.15) is 15.2 Å². The molecule has 1 amide bonds. The molecule has 1 heterocycles. The van der Waals surface area contributed by atoms with Gasteiger partial charge in [0.25, 0.3) is 5.91 Å². The molecule has 1 aromatic heterocycles. The van der Waals surface area contributed by atoms with Crippen molar-refractivity contribution in [3.05, 3.63) is 108 Å². The number of aromatic nitrogens is 1. The molecular formula is C27H19FN2O2S. The quantitative estimate of drug-likeness (QED) is 0.304. The van der Waals surface area contributed by atoms with E-state index in [1.165, 1.54) is 23.9 Å². The van der Waals surface area contributed by atoms with Crippen LogP contribution in [0.2, 0.25) is 0 Å². The molecule has 0 aliphatic carbocycles. The van der Waals surface area contributed by atoms with E-state index < -0.39 is 11.7 Å². The lowest BCUT2D eigenvalue weighted by Crippen LogP contribution is -2.13. The number of para-hydroxylation sites is 2. The van der Waals surface area contributed by atoms with Crippen molar-refractivity contribution in [3.63, 3.8) is 0 Å². The Morgan fingerprint density at radius 3 is 1.97 bits per heavy atom. The number of nitrogens with zero attached hydrogens (tertiary/aromatic N) is 1. The average molecular weight is 455 g/mol. The highest BCUT2D eigenvalue weighted by Gasteiger charge is 2.16. The van der Waals surface area contributed by atoms with Crippen molar-refractivity contribution in [2.24, 2.45) is 0 Å². The first-order valence-corrected chi connectivity index (χ1v) is 11.4. The molecule has 0 saturated carbocycles. The minimum absolute atomic E-state index is 0.00525. The van der Waals surface area contributed by atoms with Crippen molar-refractivity contribution < 1.29 is 14.0 Å². The molecule has 4 aromatic carbocycles. The molecule has 5 rings (SSSR count). The van der Waals surface area contributed by atoms with Crippen LogP contribution in [0.15, 0.2) is 102 Å². The van der Waals surface area contributed by atoms with E-state index >= 15 is 0 Å². The van der Waals surface area contributed by atoms with Gasteiger partial charge in [-0.15, -0.1) is 11.8 Å². The average Bonchev–Trinajstić information content (AvgIpc) is 3.18. The number of carbonyl (C=O) groups is 2. The van der Waals surface area contributed by atoms with Crippen molar-refractivity contribution in [2.75, 3.05) is 11.1 Å². The fourth-order valence-corrected chi connectivity index (χ4v) is 4.63. The number of benzene rings is 4. The van der Waals surface area contributed by atoms with Gasteiger partial charge in [0.15, 0.2) is 0 Å². The fraction of sp³-hybridized carbons (Fsp3) is 0.0370. The normalized spacial score (nSPS) is 11.1. The second-order valence-corrected chi connectivity index (χ2v) is 8.56. The Balaban J connectivity index is 1.30. The van der Waals surface area contributed by atoms with Gasteiger partial charge in [-0.25, -0.2) is 4.39 Å². The summed E-state index contributed by atoms with van der Waals surface area (Å²) in [5.74, 6) is -0.806. The number of fused-ring (bicyclic) bond motifs is 3. The maximum absolute atomic E-state index is 13.8. The molecular weight excluding hydrogens is 435 g/mol. The number of halogens is 1. The molecule has 0 radical (unpaired) electrons. The third kappa shape index (κ3) is 4.13. The minimum atomic E-state index is -0.564. The van der Waals surface area contributed by atoms with E-state index in [4.69, 9.17) is 0 Å². The van der Waals surface area contributed by atoms with Gasteiger partial charge in [-0.3, -0.25) is 14.2 Å². The zero-order valence-corrected chi connectivity index (χ0v) is 18.3. The van der Waals surface area contributed by atoms with Crippen LogP contribution in [0.3, 0.4) is 0 Å². The largest absolute Gasteiger partial charge is 0.322 e. The Bertz CT molecular complexity index is 1440. The topological polar surface area (TPSA) is 51.1 Å². The number of amides is 1. The van der Waals surface area contributed by atoms with Gasteiger partial charge in [-0.1, -0.05) is 48.5 Å². The third-order valence-electron chi connectivity index (χ3n) is 5.42. The molecule has 0 fully saturated rings. The first-order valence-electron chi connectivity index (χ1n) is 10.4. The maximum atomic E-state index is 13.8. The standard InChI is InChI=1S/C27H19FN2O2S/c28-23-10-4-1-9-22(23)27(32)29-18-13-15-19(16-14-18)33-17-26(31)30-24-11-5-2-7-20(24)21-8-3-6-12-25(21)30/h1-16H,17H2,(H,29,32). The highest BCUT2D eigenvalue weighted by Crippen LogP contribution is 2.30. The summed E-state index contributed by atoms with van der Waals surface area (Å²) in [6.07, 6.45) is 0. The van der Waals surface area contributed by atoms with Gasteiger partial charge in [0.1, 0.15) is 5.82 Å². The van der Waals surface area contributed by atoms with Gasteiger partial charge < -0.3 is 5.32 Å². The van der Waals surface area contributed by atoms with Gasteiger partial charge in [0.05, 0.1) is 22.3 Å². The van der Waals surface area contributed by atoms with Gasteiger partial charge in [0.2, 0.25) is 5.91 Å². The molecule has 0 saturated heterocycles. The highest BCUT2D eigenvalue weighted by atomic mass is 32.2. The first kappa shape index (κ1) is 21.0. The summed E-state index contributed by atoms with van der Waals surface area (Å²) in [5.41, 5.74) is 2.35. The third-order valence-corrected chi connectivity index (χ3v) is 6.42. The number of thioether (sulfide) groups is 1. The number of hydrogen-bond donors (Lipinski definition) is 1. The molecule has 5 aromatic rings. The van der Waals surface area contributed by atoms with E-state index in [1.807, 2.05) is 60.7 Å². The predicted molar refractivity (Wildman–Crippen MR) is 132 cm³/mol. The minimum Gasteiger partial charge on any atom is -0.322 e. The molecule has 0 unspecified atom stereocenters. The van der Waals surface area contributed by atoms with E-state index in [0.717, 1.165) is 26.7 Å². The highest BCUT2D eigenvalue weighted by molar-refractivity contribution is 8.00. The van der Waals surface area contributed by atoms with Crippen molar-refractivity contribution >= 4 is 51.1 Å². The van der Waals surface area contributed by atoms with Gasteiger partial charge in [0, 0.05) is 21.4 Å². The summed E-state index contributed by atoms with van der Waals surface area (Å²) < 4.78 is 15.6. The summed E-state index contributed by atoms with van der Waals surface area (Å²) in [6.45, 7) is 0. The molecule has 4 nitrogen and oxygen atoms in total. The van der Waals surface area contributed by atoms with Crippen LogP contribution in [0.4, 0.5) is 10.1 Å². The van der Waals surface area contributed by atoms with Crippen LogP contribution in [-0.4, -0.2) is 22.1 Å².